The van der Waals surface area contributed by atoms with E-state index in [1.807, 2.05) is 28.8 Å². The lowest BCUT2D eigenvalue weighted by Gasteiger charge is -2.30. The normalized spacial score (nSPS) is 19.4. The average molecular weight is 438 g/mol. The van der Waals surface area contributed by atoms with E-state index in [1.165, 1.54) is 25.3 Å². The number of rotatable bonds is 6. The van der Waals surface area contributed by atoms with Crippen molar-refractivity contribution in [1.82, 2.24) is 4.57 Å². The van der Waals surface area contributed by atoms with Crippen molar-refractivity contribution in [3.05, 3.63) is 82.6 Å². The number of aliphatic hydroxyl groups excluding tert-OH is 1. The van der Waals surface area contributed by atoms with Crippen LogP contribution in [-0.2, 0) is 4.74 Å². The molecule has 1 heterocycles. The zero-order valence-electron chi connectivity index (χ0n) is 19.1. The zero-order chi connectivity index (χ0) is 22.9. The highest BCUT2D eigenvalue weighted by molar-refractivity contribution is 5.78. The first-order valence-corrected chi connectivity index (χ1v) is 11.6. The number of aromatic nitrogens is 1. The van der Waals surface area contributed by atoms with Crippen molar-refractivity contribution < 1.29 is 14.9 Å². The minimum Gasteiger partial charge on any atom is -0.376 e. The van der Waals surface area contributed by atoms with Gasteiger partial charge in [-0.2, -0.15) is 0 Å². The molecule has 0 saturated heterocycles. The van der Waals surface area contributed by atoms with Crippen molar-refractivity contribution in [2.45, 2.75) is 70.3 Å². The minimum absolute atomic E-state index is 0.0573. The third kappa shape index (κ3) is 6.52. The van der Waals surface area contributed by atoms with Gasteiger partial charge in [-0.15, -0.1) is 0 Å². The maximum Gasteiger partial charge on any atom is 0.251 e. The standard InChI is InChI=1S/C25H29NO2.C2H6O2/c1-2-22(26-24-11-7-6-10-21(24)14-17-25(26)27)18-28-23-15-12-20(13-16-23)19-8-4-3-5-9-19;1-2(3)4/h3-11,14,17,20,22-23H,2,12-13,15-16,18H2,1H3;2-4H,1H3. The van der Waals surface area contributed by atoms with Crippen LogP contribution in [0.2, 0.25) is 0 Å². The van der Waals surface area contributed by atoms with Crippen LogP contribution in [0.5, 0.6) is 0 Å². The lowest BCUT2D eigenvalue weighted by Crippen LogP contribution is -2.30. The van der Waals surface area contributed by atoms with Gasteiger partial charge in [-0.25, -0.2) is 0 Å². The number of para-hydroxylation sites is 1. The van der Waals surface area contributed by atoms with Gasteiger partial charge in [0.15, 0.2) is 0 Å². The molecule has 2 N–H and O–H groups in total. The molecule has 0 spiro atoms. The van der Waals surface area contributed by atoms with E-state index < -0.39 is 6.29 Å². The fraction of sp³-hybridized carbons (Fsp3) is 0.444. The van der Waals surface area contributed by atoms with E-state index in [4.69, 9.17) is 14.9 Å². The summed E-state index contributed by atoms with van der Waals surface area (Å²) in [5, 5.41) is 16.3. The molecule has 172 valence electrons. The third-order valence-corrected chi connectivity index (χ3v) is 6.15. The second kappa shape index (κ2) is 12.0. The van der Waals surface area contributed by atoms with Gasteiger partial charge in [0, 0.05) is 6.07 Å². The highest BCUT2D eigenvalue weighted by Crippen LogP contribution is 2.34. The van der Waals surface area contributed by atoms with Gasteiger partial charge in [0.1, 0.15) is 6.29 Å². The van der Waals surface area contributed by atoms with Crippen molar-refractivity contribution in [2.75, 3.05) is 6.61 Å². The van der Waals surface area contributed by atoms with E-state index in [0.717, 1.165) is 30.2 Å². The van der Waals surface area contributed by atoms with Crippen LogP contribution >= 0.6 is 0 Å². The molecule has 2 aromatic carbocycles. The second-order valence-electron chi connectivity index (χ2n) is 8.51. The van der Waals surface area contributed by atoms with Gasteiger partial charge in [0.05, 0.1) is 24.3 Å². The molecule has 0 amide bonds. The quantitative estimate of drug-likeness (QED) is 0.532. The number of fused-ring (bicyclic) bond motifs is 1. The molecule has 32 heavy (non-hydrogen) atoms. The van der Waals surface area contributed by atoms with E-state index in [0.29, 0.717) is 18.6 Å². The molecule has 1 aliphatic rings. The van der Waals surface area contributed by atoms with Crippen molar-refractivity contribution in [3.8, 4) is 0 Å². The van der Waals surface area contributed by atoms with Crippen molar-refractivity contribution in [1.29, 1.82) is 0 Å². The Morgan fingerprint density at radius 3 is 2.22 bits per heavy atom. The molecule has 4 rings (SSSR count). The number of hydrogen-bond donors (Lipinski definition) is 2. The van der Waals surface area contributed by atoms with Crippen LogP contribution in [0, 0.1) is 0 Å². The smallest absolute Gasteiger partial charge is 0.251 e. The maximum absolute atomic E-state index is 12.6. The summed E-state index contributed by atoms with van der Waals surface area (Å²) in [7, 11) is 0. The number of hydrogen-bond acceptors (Lipinski definition) is 4. The highest BCUT2D eigenvalue weighted by atomic mass is 16.5. The Morgan fingerprint density at radius 1 is 0.938 bits per heavy atom. The molecule has 1 aliphatic carbocycles. The van der Waals surface area contributed by atoms with E-state index >= 15 is 0 Å². The van der Waals surface area contributed by atoms with Crippen LogP contribution in [0.25, 0.3) is 10.9 Å². The van der Waals surface area contributed by atoms with Gasteiger partial charge in [-0.3, -0.25) is 4.79 Å². The largest absolute Gasteiger partial charge is 0.376 e. The minimum atomic E-state index is -1.17. The van der Waals surface area contributed by atoms with Gasteiger partial charge in [-0.05, 0) is 68.0 Å². The molecule has 5 nitrogen and oxygen atoms in total. The summed E-state index contributed by atoms with van der Waals surface area (Å²) < 4.78 is 8.24. The van der Waals surface area contributed by atoms with E-state index in [2.05, 4.69) is 43.3 Å². The Bertz CT molecular complexity index is 1000. The van der Waals surface area contributed by atoms with Crippen LogP contribution in [0.4, 0.5) is 0 Å². The van der Waals surface area contributed by atoms with E-state index in [-0.39, 0.29) is 11.6 Å². The van der Waals surface area contributed by atoms with E-state index in [9.17, 15) is 4.79 Å². The summed E-state index contributed by atoms with van der Waals surface area (Å²) >= 11 is 0. The monoisotopic (exact) mass is 437 g/mol. The lowest BCUT2D eigenvalue weighted by molar-refractivity contribution is -0.0228. The fourth-order valence-corrected chi connectivity index (χ4v) is 4.49. The predicted octanol–water partition coefficient (Wildman–Crippen LogP) is 5.01. The lowest BCUT2D eigenvalue weighted by atomic mass is 9.83. The molecule has 3 aromatic rings. The van der Waals surface area contributed by atoms with Gasteiger partial charge in [-0.1, -0.05) is 55.5 Å². The Kier molecular flexibility index (Phi) is 9.03. The third-order valence-electron chi connectivity index (χ3n) is 6.15. The van der Waals surface area contributed by atoms with Crippen LogP contribution in [0.1, 0.15) is 63.5 Å². The molecule has 1 saturated carbocycles. The molecule has 1 fully saturated rings. The number of ether oxygens (including phenoxy) is 1. The Balaban J connectivity index is 0.000000668. The highest BCUT2D eigenvalue weighted by Gasteiger charge is 2.24. The predicted molar refractivity (Wildman–Crippen MR) is 129 cm³/mol. The van der Waals surface area contributed by atoms with Gasteiger partial charge >= 0.3 is 0 Å². The van der Waals surface area contributed by atoms with E-state index in [1.54, 1.807) is 6.07 Å². The number of pyridine rings is 1. The number of nitrogens with zero attached hydrogens (tertiary/aromatic N) is 1. The van der Waals surface area contributed by atoms with Crippen molar-refractivity contribution in [2.24, 2.45) is 0 Å². The summed E-state index contributed by atoms with van der Waals surface area (Å²) in [5.74, 6) is 0.656. The summed E-state index contributed by atoms with van der Waals surface area (Å²) in [4.78, 5) is 12.6. The Labute approximate surface area is 190 Å². The summed E-state index contributed by atoms with van der Waals surface area (Å²) in [6.45, 7) is 4.01. The summed E-state index contributed by atoms with van der Waals surface area (Å²) in [6, 6.07) is 22.6. The first kappa shape index (κ1) is 24.2. The molecule has 0 bridgehead atoms. The molecular formula is C27H35NO4. The van der Waals surface area contributed by atoms with Gasteiger partial charge in [0.2, 0.25) is 0 Å². The SMILES string of the molecule is CC(O)O.CCC(COC1CCC(c2ccccc2)CC1)n1c(=O)ccc2ccccc21. The summed E-state index contributed by atoms with van der Waals surface area (Å²) in [6.07, 6.45) is 4.58. The van der Waals surface area contributed by atoms with Crippen LogP contribution < -0.4 is 5.56 Å². The number of benzene rings is 2. The number of aliphatic hydroxyl groups is 2. The van der Waals surface area contributed by atoms with Gasteiger partial charge in [0.25, 0.3) is 5.56 Å². The van der Waals surface area contributed by atoms with Gasteiger partial charge < -0.3 is 19.5 Å². The average Bonchev–Trinajstić information content (AvgIpc) is 2.81. The first-order valence-electron chi connectivity index (χ1n) is 11.6. The van der Waals surface area contributed by atoms with Crippen LogP contribution in [0.3, 0.4) is 0 Å². The Morgan fingerprint density at radius 2 is 1.56 bits per heavy atom. The molecule has 5 heteroatoms. The van der Waals surface area contributed by atoms with Crippen molar-refractivity contribution >= 4 is 10.9 Å². The Hall–Kier alpha value is -2.47. The van der Waals surface area contributed by atoms with Crippen LogP contribution in [0.15, 0.2) is 71.5 Å². The van der Waals surface area contributed by atoms with Crippen molar-refractivity contribution in [3.63, 3.8) is 0 Å². The molecule has 1 aromatic heterocycles. The van der Waals surface area contributed by atoms with Crippen LogP contribution in [-0.4, -0.2) is 33.8 Å². The molecule has 0 radical (unpaired) electrons. The summed E-state index contributed by atoms with van der Waals surface area (Å²) in [5.41, 5.74) is 2.51. The maximum atomic E-state index is 12.6. The molecule has 1 atom stereocenters. The first-order chi connectivity index (χ1) is 15.5. The molecule has 0 aliphatic heterocycles. The zero-order valence-corrected chi connectivity index (χ0v) is 19.1. The fourth-order valence-electron chi connectivity index (χ4n) is 4.49. The molecular weight excluding hydrogens is 402 g/mol. The topological polar surface area (TPSA) is 71.7 Å². The second-order valence-corrected chi connectivity index (χ2v) is 8.51. The molecule has 1 unspecified atom stereocenters.